The second-order valence-electron chi connectivity index (χ2n) is 6.36. The van der Waals surface area contributed by atoms with Gasteiger partial charge < -0.3 is 9.64 Å². The van der Waals surface area contributed by atoms with Crippen LogP contribution >= 0.6 is 0 Å². The van der Waals surface area contributed by atoms with Gasteiger partial charge in [0.2, 0.25) is 5.91 Å². The van der Waals surface area contributed by atoms with Gasteiger partial charge in [-0.15, -0.1) is 0 Å². The second-order valence-corrected chi connectivity index (χ2v) is 6.36. The van der Waals surface area contributed by atoms with E-state index < -0.39 is 0 Å². The summed E-state index contributed by atoms with van der Waals surface area (Å²) in [6.07, 6.45) is 6.67. The van der Waals surface area contributed by atoms with Gasteiger partial charge in [-0.1, -0.05) is 25.8 Å². The molecule has 1 atom stereocenters. The molecule has 0 saturated carbocycles. The number of benzene rings is 1. The zero-order valence-electron chi connectivity index (χ0n) is 14.2. The molecule has 0 radical (unpaired) electrons. The number of hydrogen-bond donors (Lipinski definition) is 0. The maximum atomic E-state index is 13.0. The van der Waals surface area contributed by atoms with Crippen LogP contribution in [0.2, 0.25) is 0 Å². The summed E-state index contributed by atoms with van der Waals surface area (Å²) in [5, 5.41) is 0. The number of aryl methyl sites for hydroxylation is 1. The molecule has 1 saturated heterocycles. The summed E-state index contributed by atoms with van der Waals surface area (Å²) in [5.41, 5.74) is 2.27. The Hall–Kier alpha value is -1.51. The van der Waals surface area contributed by atoms with E-state index in [0.717, 1.165) is 62.1 Å². The van der Waals surface area contributed by atoms with Gasteiger partial charge in [0, 0.05) is 13.1 Å². The average Bonchev–Trinajstić information content (AvgIpc) is 2.55. The molecular weight excluding hydrogens is 274 g/mol. The lowest BCUT2D eigenvalue weighted by molar-refractivity contribution is -0.133. The number of carbonyl (C=O) groups excluding carboxylic acids is 1. The number of nitrogens with zero attached hydrogens (tertiary/aromatic N) is 1. The third-order valence-corrected chi connectivity index (χ3v) is 4.52. The van der Waals surface area contributed by atoms with Crippen molar-refractivity contribution in [1.29, 1.82) is 0 Å². The number of ether oxygens (including phenoxy) is 1. The average molecular weight is 303 g/mol. The predicted molar refractivity (Wildman–Crippen MR) is 90.4 cm³/mol. The lowest BCUT2D eigenvalue weighted by Crippen LogP contribution is -2.39. The number of methoxy groups -OCH3 is 1. The van der Waals surface area contributed by atoms with Crippen LogP contribution in [0.25, 0.3) is 0 Å². The van der Waals surface area contributed by atoms with Crippen molar-refractivity contribution in [1.82, 2.24) is 4.90 Å². The molecule has 0 N–H and O–H groups in total. The van der Waals surface area contributed by atoms with E-state index >= 15 is 0 Å². The molecule has 0 aromatic heterocycles. The van der Waals surface area contributed by atoms with E-state index in [4.69, 9.17) is 4.74 Å². The Morgan fingerprint density at radius 1 is 1.23 bits per heavy atom. The Morgan fingerprint density at radius 3 is 2.59 bits per heavy atom. The highest BCUT2D eigenvalue weighted by Crippen LogP contribution is 2.29. The first-order valence-corrected chi connectivity index (χ1v) is 8.60. The minimum atomic E-state index is -0.0214. The van der Waals surface area contributed by atoms with Crippen molar-refractivity contribution >= 4 is 5.91 Å². The monoisotopic (exact) mass is 303 g/mol. The fraction of sp³-hybridized carbons (Fsp3) is 0.632. The summed E-state index contributed by atoms with van der Waals surface area (Å²) in [6.45, 7) is 6.09. The molecule has 0 bridgehead atoms. The smallest absolute Gasteiger partial charge is 0.230 e. The first-order valence-electron chi connectivity index (χ1n) is 8.60. The highest BCUT2D eigenvalue weighted by Gasteiger charge is 2.27. The topological polar surface area (TPSA) is 29.5 Å². The van der Waals surface area contributed by atoms with Crippen LogP contribution in [0, 0.1) is 6.92 Å². The summed E-state index contributed by atoms with van der Waals surface area (Å²) in [7, 11) is 1.69. The molecular formula is C19H29NO2. The van der Waals surface area contributed by atoms with Crippen LogP contribution in [-0.4, -0.2) is 31.0 Å². The molecule has 3 heteroatoms. The zero-order valence-corrected chi connectivity index (χ0v) is 14.2. The molecule has 1 amide bonds. The molecule has 1 unspecified atom stereocenters. The molecule has 2 rings (SSSR count). The number of hydrogen-bond acceptors (Lipinski definition) is 2. The molecule has 1 aromatic rings. The van der Waals surface area contributed by atoms with Gasteiger partial charge in [-0.25, -0.2) is 0 Å². The van der Waals surface area contributed by atoms with E-state index in [9.17, 15) is 4.79 Å². The van der Waals surface area contributed by atoms with Crippen molar-refractivity contribution in [3.8, 4) is 5.75 Å². The SMILES string of the molecule is CCCCC(C(=O)N1CCCCC1)c1cc(C)cc(OC)c1. The standard InChI is InChI=1S/C19H29NO2/c1-4-5-9-18(19(21)20-10-7-6-8-11-20)16-12-15(2)13-17(14-16)22-3/h12-14,18H,4-11H2,1-3H3. The molecule has 122 valence electrons. The van der Waals surface area contributed by atoms with Crippen molar-refractivity contribution in [2.45, 2.75) is 58.3 Å². The first-order chi connectivity index (χ1) is 10.7. The molecule has 22 heavy (non-hydrogen) atoms. The molecule has 1 fully saturated rings. The number of carbonyl (C=O) groups is 1. The van der Waals surface area contributed by atoms with Crippen LogP contribution in [0.15, 0.2) is 18.2 Å². The van der Waals surface area contributed by atoms with Crippen LogP contribution < -0.4 is 4.74 Å². The number of amides is 1. The summed E-state index contributed by atoms with van der Waals surface area (Å²) < 4.78 is 5.39. The molecule has 1 heterocycles. The highest BCUT2D eigenvalue weighted by atomic mass is 16.5. The molecule has 1 aliphatic rings. The van der Waals surface area contributed by atoms with Crippen LogP contribution in [0.4, 0.5) is 0 Å². The summed E-state index contributed by atoms with van der Waals surface area (Å²) in [6, 6.07) is 6.20. The van der Waals surface area contributed by atoms with Crippen molar-refractivity contribution in [3.05, 3.63) is 29.3 Å². The molecule has 0 spiro atoms. The Labute approximate surface area is 134 Å². The normalized spacial score (nSPS) is 16.4. The van der Waals surface area contributed by atoms with Crippen LogP contribution in [-0.2, 0) is 4.79 Å². The lowest BCUT2D eigenvalue weighted by Gasteiger charge is -2.31. The van der Waals surface area contributed by atoms with Gasteiger partial charge in [0.25, 0.3) is 0 Å². The van der Waals surface area contributed by atoms with E-state index in [0.29, 0.717) is 5.91 Å². The van der Waals surface area contributed by atoms with Gasteiger partial charge in [-0.3, -0.25) is 4.79 Å². The highest BCUT2D eigenvalue weighted by molar-refractivity contribution is 5.84. The minimum Gasteiger partial charge on any atom is -0.497 e. The predicted octanol–water partition coefficient (Wildman–Crippen LogP) is 4.29. The number of piperidine rings is 1. The van der Waals surface area contributed by atoms with Gasteiger partial charge in [-0.05, 0) is 55.9 Å². The second kappa shape index (κ2) is 8.21. The van der Waals surface area contributed by atoms with Gasteiger partial charge in [0.1, 0.15) is 5.75 Å². The minimum absolute atomic E-state index is 0.0214. The summed E-state index contributed by atoms with van der Waals surface area (Å²) >= 11 is 0. The molecule has 0 aliphatic carbocycles. The maximum Gasteiger partial charge on any atom is 0.230 e. The van der Waals surface area contributed by atoms with Crippen molar-refractivity contribution < 1.29 is 9.53 Å². The Balaban J connectivity index is 2.24. The Bertz CT molecular complexity index is 492. The van der Waals surface area contributed by atoms with Crippen LogP contribution in [0.5, 0.6) is 5.75 Å². The first kappa shape index (κ1) is 16.9. The van der Waals surface area contributed by atoms with E-state index in [1.807, 2.05) is 12.1 Å². The number of rotatable bonds is 6. The fourth-order valence-corrected chi connectivity index (χ4v) is 3.27. The maximum absolute atomic E-state index is 13.0. The van der Waals surface area contributed by atoms with Crippen molar-refractivity contribution in [3.63, 3.8) is 0 Å². The number of likely N-dealkylation sites (tertiary alicyclic amines) is 1. The molecule has 3 nitrogen and oxygen atoms in total. The third kappa shape index (κ3) is 4.25. The quantitative estimate of drug-likeness (QED) is 0.784. The van der Waals surface area contributed by atoms with Crippen LogP contribution in [0.3, 0.4) is 0 Å². The van der Waals surface area contributed by atoms with Crippen molar-refractivity contribution in [2.75, 3.05) is 20.2 Å². The van der Waals surface area contributed by atoms with E-state index in [1.54, 1.807) is 7.11 Å². The lowest BCUT2D eigenvalue weighted by atomic mass is 9.90. The zero-order chi connectivity index (χ0) is 15.9. The molecule has 1 aromatic carbocycles. The fourth-order valence-electron chi connectivity index (χ4n) is 3.27. The third-order valence-electron chi connectivity index (χ3n) is 4.52. The van der Waals surface area contributed by atoms with Gasteiger partial charge >= 0.3 is 0 Å². The van der Waals surface area contributed by atoms with E-state index in [-0.39, 0.29) is 5.92 Å². The Morgan fingerprint density at radius 2 is 1.95 bits per heavy atom. The van der Waals surface area contributed by atoms with E-state index in [2.05, 4.69) is 24.8 Å². The summed E-state index contributed by atoms with van der Waals surface area (Å²) in [4.78, 5) is 15.1. The Kier molecular flexibility index (Phi) is 6.29. The molecule has 1 aliphatic heterocycles. The summed E-state index contributed by atoms with van der Waals surface area (Å²) in [5.74, 6) is 1.13. The van der Waals surface area contributed by atoms with Gasteiger partial charge in [0.15, 0.2) is 0 Å². The van der Waals surface area contributed by atoms with Gasteiger partial charge in [-0.2, -0.15) is 0 Å². The van der Waals surface area contributed by atoms with Crippen molar-refractivity contribution in [2.24, 2.45) is 0 Å². The largest absolute Gasteiger partial charge is 0.497 e. The number of unbranched alkanes of at least 4 members (excludes halogenated alkanes) is 1. The van der Waals surface area contributed by atoms with Gasteiger partial charge in [0.05, 0.1) is 13.0 Å². The van der Waals surface area contributed by atoms with Crippen LogP contribution in [0.1, 0.15) is 62.5 Å². The van der Waals surface area contributed by atoms with E-state index in [1.165, 1.54) is 6.42 Å².